The van der Waals surface area contributed by atoms with E-state index >= 15 is 0 Å². The van der Waals surface area contributed by atoms with Crippen LogP contribution in [0.15, 0.2) is 53.1 Å². The maximum Gasteiger partial charge on any atom is 0.231 e. The fraction of sp³-hybridized carbons (Fsp3) is 0.238. The Morgan fingerprint density at radius 2 is 1.93 bits per heavy atom. The molecule has 27 heavy (non-hydrogen) atoms. The zero-order chi connectivity index (χ0) is 18.6. The van der Waals surface area contributed by atoms with Crippen molar-refractivity contribution in [3.63, 3.8) is 0 Å². The van der Waals surface area contributed by atoms with Gasteiger partial charge >= 0.3 is 0 Å². The fourth-order valence-corrected chi connectivity index (χ4v) is 2.84. The minimum Gasteiger partial charge on any atom is -0.454 e. The van der Waals surface area contributed by atoms with Gasteiger partial charge in [-0.05, 0) is 24.6 Å². The predicted molar refractivity (Wildman–Crippen MR) is 99.4 cm³/mol. The molecule has 1 amide bonds. The first-order valence-electron chi connectivity index (χ1n) is 8.84. The molecule has 6 heteroatoms. The van der Waals surface area contributed by atoms with Crippen LogP contribution in [0.4, 0.5) is 0 Å². The normalized spacial score (nSPS) is 12.2. The van der Waals surface area contributed by atoms with E-state index in [1.165, 1.54) is 5.56 Å². The van der Waals surface area contributed by atoms with Gasteiger partial charge < -0.3 is 19.2 Å². The highest BCUT2D eigenvalue weighted by atomic mass is 16.7. The van der Waals surface area contributed by atoms with Crippen LogP contribution >= 0.6 is 0 Å². The number of benzene rings is 2. The van der Waals surface area contributed by atoms with Crippen LogP contribution in [-0.4, -0.2) is 17.7 Å². The molecule has 0 fully saturated rings. The van der Waals surface area contributed by atoms with Gasteiger partial charge in [-0.25, -0.2) is 4.98 Å². The SMILES string of the molecule is Cc1ccc(-c2cnc(CCC(=O)NCc3ccc4c(c3)OCO4)o2)cc1. The second-order valence-corrected chi connectivity index (χ2v) is 6.45. The van der Waals surface area contributed by atoms with Gasteiger partial charge in [0.15, 0.2) is 23.1 Å². The third kappa shape index (κ3) is 4.11. The summed E-state index contributed by atoms with van der Waals surface area (Å²) in [6.07, 6.45) is 2.47. The van der Waals surface area contributed by atoms with E-state index in [2.05, 4.69) is 10.3 Å². The Bertz CT molecular complexity index is 947. The van der Waals surface area contributed by atoms with Crippen molar-refractivity contribution in [2.45, 2.75) is 26.3 Å². The van der Waals surface area contributed by atoms with Crippen LogP contribution in [0, 0.1) is 6.92 Å². The number of carbonyl (C=O) groups excluding carboxylic acids is 1. The summed E-state index contributed by atoms with van der Waals surface area (Å²) in [7, 11) is 0. The van der Waals surface area contributed by atoms with Gasteiger partial charge in [0.2, 0.25) is 12.7 Å². The van der Waals surface area contributed by atoms with Gasteiger partial charge in [0.05, 0.1) is 6.20 Å². The Morgan fingerprint density at radius 3 is 2.78 bits per heavy atom. The molecule has 0 spiro atoms. The van der Waals surface area contributed by atoms with E-state index in [1.54, 1.807) is 6.20 Å². The zero-order valence-electron chi connectivity index (χ0n) is 15.0. The molecule has 2 heterocycles. The van der Waals surface area contributed by atoms with Crippen molar-refractivity contribution in [3.05, 3.63) is 65.7 Å². The number of carbonyl (C=O) groups is 1. The third-order valence-corrected chi connectivity index (χ3v) is 4.38. The predicted octanol–water partition coefficient (Wildman–Crippen LogP) is 3.63. The second kappa shape index (κ2) is 7.53. The van der Waals surface area contributed by atoms with Crippen LogP contribution in [0.3, 0.4) is 0 Å². The molecule has 1 aromatic heterocycles. The molecule has 1 aliphatic heterocycles. The van der Waals surface area contributed by atoms with E-state index in [1.807, 2.05) is 49.4 Å². The number of hydrogen-bond donors (Lipinski definition) is 1. The minimum atomic E-state index is -0.0530. The first-order chi connectivity index (χ1) is 13.2. The monoisotopic (exact) mass is 364 g/mol. The number of nitrogens with one attached hydrogen (secondary N) is 1. The van der Waals surface area contributed by atoms with Gasteiger partial charge in [-0.3, -0.25) is 4.79 Å². The van der Waals surface area contributed by atoms with Crippen molar-refractivity contribution in [2.24, 2.45) is 0 Å². The van der Waals surface area contributed by atoms with Crippen LogP contribution in [0.25, 0.3) is 11.3 Å². The molecule has 1 N–H and O–H groups in total. The number of amides is 1. The molecular weight excluding hydrogens is 344 g/mol. The average Bonchev–Trinajstić information content (AvgIpc) is 3.34. The molecule has 0 radical (unpaired) electrons. The van der Waals surface area contributed by atoms with Gasteiger partial charge in [0.25, 0.3) is 0 Å². The van der Waals surface area contributed by atoms with Crippen molar-refractivity contribution in [1.82, 2.24) is 10.3 Å². The lowest BCUT2D eigenvalue weighted by atomic mass is 10.1. The van der Waals surface area contributed by atoms with E-state index in [9.17, 15) is 4.79 Å². The Hall–Kier alpha value is -3.28. The van der Waals surface area contributed by atoms with Crippen LogP contribution in [0.5, 0.6) is 11.5 Å². The first-order valence-corrected chi connectivity index (χ1v) is 8.84. The standard InChI is InChI=1S/C21H20N2O4/c1-14-2-5-16(6-3-14)19-12-23-21(27-19)9-8-20(24)22-11-15-4-7-17-18(10-15)26-13-25-17/h2-7,10,12H,8-9,11,13H2,1H3,(H,22,24). The highest BCUT2D eigenvalue weighted by Gasteiger charge is 2.14. The minimum absolute atomic E-state index is 0.0530. The topological polar surface area (TPSA) is 73.6 Å². The van der Waals surface area contributed by atoms with Crippen molar-refractivity contribution >= 4 is 5.91 Å². The van der Waals surface area contributed by atoms with Crippen LogP contribution in [0.1, 0.15) is 23.4 Å². The zero-order valence-corrected chi connectivity index (χ0v) is 15.0. The molecule has 1 aliphatic rings. The number of nitrogens with zero attached hydrogens (tertiary/aromatic N) is 1. The summed E-state index contributed by atoms with van der Waals surface area (Å²) in [6, 6.07) is 13.7. The summed E-state index contributed by atoms with van der Waals surface area (Å²) in [5.74, 6) is 2.67. The number of aromatic nitrogens is 1. The molecule has 4 rings (SSSR count). The molecule has 0 saturated carbocycles. The second-order valence-electron chi connectivity index (χ2n) is 6.45. The van der Waals surface area contributed by atoms with E-state index in [0.29, 0.717) is 36.8 Å². The fourth-order valence-electron chi connectivity index (χ4n) is 2.84. The summed E-state index contributed by atoms with van der Waals surface area (Å²) in [4.78, 5) is 16.4. The van der Waals surface area contributed by atoms with Crippen molar-refractivity contribution < 1.29 is 18.7 Å². The van der Waals surface area contributed by atoms with E-state index < -0.39 is 0 Å². The largest absolute Gasteiger partial charge is 0.454 e. The number of fused-ring (bicyclic) bond motifs is 1. The lowest BCUT2D eigenvalue weighted by molar-refractivity contribution is -0.121. The number of rotatable bonds is 6. The summed E-state index contributed by atoms with van der Waals surface area (Å²) in [5.41, 5.74) is 3.13. The lowest BCUT2D eigenvalue weighted by Gasteiger charge is -2.05. The summed E-state index contributed by atoms with van der Waals surface area (Å²) in [6.45, 7) is 2.72. The lowest BCUT2D eigenvalue weighted by Crippen LogP contribution is -2.23. The smallest absolute Gasteiger partial charge is 0.231 e. The Balaban J connectivity index is 1.27. The molecule has 3 aromatic rings. The molecule has 6 nitrogen and oxygen atoms in total. The van der Waals surface area contributed by atoms with Crippen LogP contribution in [-0.2, 0) is 17.8 Å². The summed E-state index contributed by atoms with van der Waals surface area (Å²) < 4.78 is 16.4. The van der Waals surface area contributed by atoms with E-state index in [4.69, 9.17) is 13.9 Å². The first kappa shape index (κ1) is 17.1. The summed E-state index contributed by atoms with van der Waals surface area (Å²) in [5, 5.41) is 2.90. The van der Waals surface area contributed by atoms with Crippen molar-refractivity contribution in [3.8, 4) is 22.8 Å². The highest BCUT2D eigenvalue weighted by Crippen LogP contribution is 2.32. The van der Waals surface area contributed by atoms with Gasteiger partial charge in [-0.2, -0.15) is 0 Å². The van der Waals surface area contributed by atoms with Gasteiger partial charge in [-0.15, -0.1) is 0 Å². The number of hydrogen-bond acceptors (Lipinski definition) is 5. The Labute approximate surface area is 157 Å². The maximum atomic E-state index is 12.1. The molecule has 0 aliphatic carbocycles. The summed E-state index contributed by atoms with van der Waals surface area (Å²) >= 11 is 0. The quantitative estimate of drug-likeness (QED) is 0.723. The van der Waals surface area contributed by atoms with Crippen LogP contribution < -0.4 is 14.8 Å². The highest BCUT2D eigenvalue weighted by molar-refractivity contribution is 5.76. The van der Waals surface area contributed by atoms with E-state index in [-0.39, 0.29) is 12.7 Å². The van der Waals surface area contributed by atoms with Crippen LogP contribution in [0.2, 0.25) is 0 Å². The Morgan fingerprint density at radius 1 is 1.11 bits per heavy atom. The number of aryl methyl sites for hydroxylation is 2. The molecule has 138 valence electrons. The third-order valence-electron chi connectivity index (χ3n) is 4.38. The molecule has 0 unspecified atom stereocenters. The molecule has 2 aromatic carbocycles. The van der Waals surface area contributed by atoms with Crippen molar-refractivity contribution in [2.75, 3.05) is 6.79 Å². The molecule has 0 atom stereocenters. The van der Waals surface area contributed by atoms with Crippen molar-refractivity contribution in [1.29, 1.82) is 0 Å². The van der Waals surface area contributed by atoms with Gasteiger partial charge in [0, 0.05) is 24.9 Å². The van der Waals surface area contributed by atoms with Gasteiger partial charge in [-0.1, -0.05) is 35.9 Å². The number of ether oxygens (including phenoxy) is 2. The average molecular weight is 364 g/mol. The number of oxazole rings is 1. The molecule has 0 saturated heterocycles. The maximum absolute atomic E-state index is 12.1. The Kier molecular flexibility index (Phi) is 4.78. The molecular formula is C21H20N2O4. The molecule has 0 bridgehead atoms. The van der Waals surface area contributed by atoms with E-state index in [0.717, 1.165) is 16.9 Å². The van der Waals surface area contributed by atoms with Gasteiger partial charge in [0.1, 0.15) is 0 Å².